The van der Waals surface area contributed by atoms with Crippen LogP contribution in [0.3, 0.4) is 0 Å². The second kappa shape index (κ2) is 6.22. The van der Waals surface area contributed by atoms with Crippen LogP contribution in [-0.4, -0.2) is 22.8 Å². The van der Waals surface area contributed by atoms with Crippen molar-refractivity contribution in [3.8, 4) is 0 Å². The fourth-order valence-corrected chi connectivity index (χ4v) is 3.03. The summed E-state index contributed by atoms with van der Waals surface area (Å²) in [5.41, 5.74) is 14.7. The maximum atomic E-state index is 11.8. The average Bonchev–Trinajstić information content (AvgIpc) is 2.54. The smallest absolute Gasteiger partial charge is 0.248 e. The van der Waals surface area contributed by atoms with Gasteiger partial charge in [-0.2, -0.15) is 0 Å². The van der Waals surface area contributed by atoms with Crippen LogP contribution in [0.15, 0.2) is 48.5 Å². The summed E-state index contributed by atoms with van der Waals surface area (Å²) in [7, 11) is 0. The molecule has 1 heterocycles. The van der Waals surface area contributed by atoms with Crippen molar-refractivity contribution < 1.29 is 9.59 Å². The van der Waals surface area contributed by atoms with Gasteiger partial charge < -0.3 is 11.5 Å². The Morgan fingerprint density at radius 2 is 1.65 bits per heavy atom. The van der Waals surface area contributed by atoms with E-state index < -0.39 is 5.91 Å². The molecule has 2 aromatic rings. The minimum Gasteiger partial charge on any atom is -0.368 e. The monoisotopic (exact) mass is 309 g/mol. The second-order valence-corrected chi connectivity index (χ2v) is 5.86. The van der Waals surface area contributed by atoms with E-state index >= 15 is 0 Å². The number of primary amides is 2. The molecule has 23 heavy (non-hydrogen) atoms. The third-order valence-corrected chi connectivity index (χ3v) is 4.30. The Hall–Kier alpha value is -2.66. The molecule has 118 valence electrons. The zero-order valence-electron chi connectivity index (χ0n) is 12.7. The number of carbonyl (C=O) groups is 2. The zero-order valence-corrected chi connectivity index (χ0v) is 12.7. The number of carbonyl (C=O) groups excluding carboxylic acids is 2. The van der Waals surface area contributed by atoms with Crippen molar-refractivity contribution in [1.29, 1.82) is 0 Å². The third kappa shape index (κ3) is 3.24. The molecule has 0 spiro atoms. The predicted molar refractivity (Wildman–Crippen MR) is 87.3 cm³/mol. The lowest BCUT2D eigenvalue weighted by Crippen LogP contribution is -2.48. The molecule has 1 atom stereocenters. The molecule has 1 aliphatic rings. The Labute approximate surface area is 134 Å². The van der Waals surface area contributed by atoms with Gasteiger partial charge in [0.15, 0.2) is 0 Å². The van der Waals surface area contributed by atoms with Gasteiger partial charge in [-0.25, -0.2) is 0 Å². The van der Waals surface area contributed by atoms with E-state index in [1.54, 1.807) is 12.1 Å². The highest BCUT2D eigenvalue weighted by molar-refractivity contribution is 5.92. The maximum Gasteiger partial charge on any atom is 0.248 e. The third-order valence-electron chi connectivity index (χ3n) is 4.30. The number of fused-ring (bicyclic) bond motifs is 1. The van der Waals surface area contributed by atoms with Gasteiger partial charge in [0.05, 0.1) is 6.04 Å². The molecule has 0 bridgehead atoms. The van der Waals surface area contributed by atoms with Gasteiger partial charge in [-0.1, -0.05) is 36.4 Å². The van der Waals surface area contributed by atoms with Gasteiger partial charge in [-0.3, -0.25) is 14.5 Å². The Kier molecular flexibility index (Phi) is 4.12. The molecule has 0 saturated heterocycles. The normalized spacial score (nSPS) is 17.5. The molecule has 0 radical (unpaired) electrons. The van der Waals surface area contributed by atoms with Crippen LogP contribution in [-0.2, 0) is 24.3 Å². The Morgan fingerprint density at radius 3 is 2.26 bits per heavy atom. The number of benzene rings is 2. The number of rotatable bonds is 4. The van der Waals surface area contributed by atoms with Crippen molar-refractivity contribution in [2.45, 2.75) is 25.6 Å². The lowest BCUT2D eigenvalue weighted by molar-refractivity contribution is -0.124. The largest absolute Gasteiger partial charge is 0.368 e. The average molecular weight is 309 g/mol. The zero-order chi connectivity index (χ0) is 16.4. The molecule has 5 nitrogen and oxygen atoms in total. The van der Waals surface area contributed by atoms with Crippen LogP contribution in [0.1, 0.15) is 27.0 Å². The van der Waals surface area contributed by atoms with Crippen LogP contribution in [0.5, 0.6) is 0 Å². The first-order valence-corrected chi connectivity index (χ1v) is 7.53. The lowest BCUT2D eigenvalue weighted by Gasteiger charge is -2.35. The lowest BCUT2D eigenvalue weighted by atomic mass is 9.93. The second-order valence-electron chi connectivity index (χ2n) is 5.86. The number of hydrogen-bond donors (Lipinski definition) is 2. The molecule has 0 saturated carbocycles. The molecule has 2 aromatic carbocycles. The van der Waals surface area contributed by atoms with Gasteiger partial charge in [-0.05, 0) is 35.2 Å². The summed E-state index contributed by atoms with van der Waals surface area (Å²) in [4.78, 5) is 25.0. The standard InChI is InChI=1S/C18H19N3O2/c19-17(22)13-7-5-12(6-8-13)10-21-11-15-4-2-1-3-14(15)9-16(21)18(20)23/h1-8,16H,9-11H2,(H2,19,22)(H2,20,23)/t16-/m0/s1. The van der Waals surface area contributed by atoms with Gasteiger partial charge >= 0.3 is 0 Å². The summed E-state index contributed by atoms with van der Waals surface area (Å²) >= 11 is 0. The first-order chi connectivity index (χ1) is 11.0. The first-order valence-electron chi connectivity index (χ1n) is 7.53. The molecule has 1 aliphatic heterocycles. The molecular weight excluding hydrogens is 290 g/mol. The van der Waals surface area contributed by atoms with Crippen LogP contribution in [0.25, 0.3) is 0 Å². The number of amides is 2. The fourth-order valence-electron chi connectivity index (χ4n) is 3.03. The maximum absolute atomic E-state index is 11.8. The van der Waals surface area contributed by atoms with Gasteiger partial charge in [0.1, 0.15) is 0 Å². The fraction of sp³-hybridized carbons (Fsp3) is 0.222. The van der Waals surface area contributed by atoms with Gasteiger partial charge in [0.2, 0.25) is 11.8 Å². The first kappa shape index (κ1) is 15.2. The minimum absolute atomic E-state index is 0.312. The molecule has 5 heteroatoms. The summed E-state index contributed by atoms with van der Waals surface area (Å²) in [6.07, 6.45) is 0.630. The minimum atomic E-state index is -0.446. The highest BCUT2D eigenvalue weighted by Gasteiger charge is 2.29. The number of nitrogens with two attached hydrogens (primary N) is 2. The van der Waals surface area contributed by atoms with E-state index in [1.165, 1.54) is 11.1 Å². The SMILES string of the molecule is NC(=O)c1ccc(CN2Cc3ccccc3C[C@H]2C(N)=O)cc1. The van der Waals surface area contributed by atoms with E-state index in [9.17, 15) is 9.59 Å². The van der Waals surface area contributed by atoms with E-state index in [2.05, 4.69) is 11.0 Å². The molecule has 0 aromatic heterocycles. The van der Waals surface area contributed by atoms with E-state index in [0.717, 1.165) is 5.56 Å². The summed E-state index contributed by atoms with van der Waals surface area (Å²) in [5.74, 6) is -0.758. The highest BCUT2D eigenvalue weighted by Crippen LogP contribution is 2.25. The Balaban J connectivity index is 1.82. The van der Waals surface area contributed by atoms with Crippen LogP contribution in [0, 0.1) is 0 Å². The molecule has 0 aliphatic carbocycles. The molecule has 0 unspecified atom stereocenters. The van der Waals surface area contributed by atoms with E-state index in [-0.39, 0.29) is 11.9 Å². The topological polar surface area (TPSA) is 89.4 Å². The number of hydrogen-bond acceptors (Lipinski definition) is 3. The number of nitrogens with zero attached hydrogens (tertiary/aromatic N) is 1. The van der Waals surface area contributed by atoms with E-state index in [0.29, 0.717) is 25.1 Å². The molecule has 0 fully saturated rings. The molecule has 2 amide bonds. The highest BCUT2D eigenvalue weighted by atomic mass is 16.1. The van der Waals surface area contributed by atoms with Crippen molar-refractivity contribution in [2.24, 2.45) is 11.5 Å². The van der Waals surface area contributed by atoms with Crippen molar-refractivity contribution >= 4 is 11.8 Å². The van der Waals surface area contributed by atoms with Crippen LogP contribution in [0.4, 0.5) is 0 Å². The van der Waals surface area contributed by atoms with Crippen molar-refractivity contribution in [3.05, 3.63) is 70.8 Å². The van der Waals surface area contributed by atoms with Crippen LogP contribution < -0.4 is 11.5 Å². The Bertz CT molecular complexity index is 740. The van der Waals surface area contributed by atoms with E-state index in [1.807, 2.05) is 30.3 Å². The quantitative estimate of drug-likeness (QED) is 0.889. The van der Waals surface area contributed by atoms with Gasteiger partial charge in [0.25, 0.3) is 0 Å². The molecule has 4 N–H and O–H groups in total. The van der Waals surface area contributed by atoms with Gasteiger partial charge in [0, 0.05) is 18.7 Å². The van der Waals surface area contributed by atoms with Crippen LogP contribution in [0.2, 0.25) is 0 Å². The van der Waals surface area contributed by atoms with Gasteiger partial charge in [-0.15, -0.1) is 0 Å². The van der Waals surface area contributed by atoms with E-state index in [4.69, 9.17) is 11.5 Å². The Morgan fingerprint density at radius 1 is 1.00 bits per heavy atom. The van der Waals surface area contributed by atoms with Crippen molar-refractivity contribution in [2.75, 3.05) is 0 Å². The summed E-state index contributed by atoms with van der Waals surface area (Å²) in [6.45, 7) is 1.28. The summed E-state index contributed by atoms with van der Waals surface area (Å²) in [5, 5.41) is 0. The molecule has 3 rings (SSSR count). The molecular formula is C18H19N3O2. The van der Waals surface area contributed by atoms with Crippen LogP contribution >= 0.6 is 0 Å². The van der Waals surface area contributed by atoms with Crippen molar-refractivity contribution in [1.82, 2.24) is 4.90 Å². The summed E-state index contributed by atoms with van der Waals surface area (Å²) < 4.78 is 0. The summed E-state index contributed by atoms with van der Waals surface area (Å²) in [6, 6.07) is 14.9. The predicted octanol–water partition coefficient (Wildman–Crippen LogP) is 1.20. The van der Waals surface area contributed by atoms with Crippen molar-refractivity contribution in [3.63, 3.8) is 0 Å².